The van der Waals surface area contributed by atoms with Gasteiger partial charge in [-0.2, -0.15) is 0 Å². The first-order valence-electron chi connectivity index (χ1n) is 6.30. The second kappa shape index (κ2) is 5.54. The van der Waals surface area contributed by atoms with Crippen molar-refractivity contribution >= 4 is 17.3 Å². The molecule has 3 N–H and O–H groups in total. The topological polar surface area (TPSA) is 50.4 Å². The van der Waals surface area contributed by atoms with Gasteiger partial charge in [0.2, 0.25) is 0 Å². The minimum atomic E-state index is 0.486. The third-order valence-corrected chi connectivity index (χ3v) is 4.49. The predicted molar refractivity (Wildman–Crippen MR) is 74.5 cm³/mol. The van der Waals surface area contributed by atoms with Crippen LogP contribution in [0.2, 0.25) is 0 Å². The fraction of sp³-hybridized carbons (Fsp3) is 0.615. The zero-order valence-corrected chi connectivity index (χ0v) is 11.2. The molecule has 0 aromatic carbocycles. The lowest BCUT2D eigenvalue weighted by Gasteiger charge is -2.09. The summed E-state index contributed by atoms with van der Waals surface area (Å²) in [4.78, 5) is 5.82. The van der Waals surface area contributed by atoms with Crippen LogP contribution in [0.15, 0.2) is 22.5 Å². The lowest BCUT2D eigenvalue weighted by Crippen LogP contribution is -2.33. The van der Waals surface area contributed by atoms with Crippen LogP contribution in [-0.2, 0) is 6.42 Å². The summed E-state index contributed by atoms with van der Waals surface area (Å²) in [5, 5.41) is 5.28. The number of thiophene rings is 1. The molecule has 94 valence electrons. The maximum Gasteiger partial charge on any atom is 0.188 e. The van der Waals surface area contributed by atoms with E-state index in [0.717, 1.165) is 19.5 Å². The molecule has 3 nitrogen and oxygen atoms in total. The van der Waals surface area contributed by atoms with E-state index < -0.39 is 0 Å². The second-order valence-electron chi connectivity index (χ2n) is 4.81. The van der Waals surface area contributed by atoms with Crippen molar-refractivity contribution in [3.8, 4) is 0 Å². The highest BCUT2D eigenvalue weighted by molar-refractivity contribution is 7.09. The number of hydrogen-bond donors (Lipinski definition) is 2. The van der Waals surface area contributed by atoms with Crippen LogP contribution >= 0.6 is 11.3 Å². The Balaban J connectivity index is 1.66. The summed E-state index contributed by atoms with van der Waals surface area (Å²) in [5.74, 6) is 0.598. The van der Waals surface area contributed by atoms with Crippen molar-refractivity contribution in [1.82, 2.24) is 5.32 Å². The van der Waals surface area contributed by atoms with Gasteiger partial charge in [-0.15, -0.1) is 11.3 Å². The SMILES string of the molecule is CCC1(CN=C(N)NCCc2cccs2)CC1. The molecule has 2 rings (SSSR count). The summed E-state index contributed by atoms with van der Waals surface area (Å²) in [7, 11) is 0. The molecule has 0 bridgehead atoms. The van der Waals surface area contributed by atoms with E-state index in [1.54, 1.807) is 11.3 Å². The lowest BCUT2D eigenvalue weighted by atomic mass is 10.1. The molecule has 1 heterocycles. The fourth-order valence-electron chi connectivity index (χ4n) is 1.88. The lowest BCUT2D eigenvalue weighted by molar-refractivity contribution is 0.505. The van der Waals surface area contributed by atoms with Crippen molar-refractivity contribution in [2.24, 2.45) is 16.1 Å². The van der Waals surface area contributed by atoms with Crippen LogP contribution in [0.25, 0.3) is 0 Å². The minimum Gasteiger partial charge on any atom is -0.370 e. The van der Waals surface area contributed by atoms with E-state index in [1.807, 2.05) is 0 Å². The third-order valence-electron chi connectivity index (χ3n) is 3.55. The third kappa shape index (κ3) is 3.73. The van der Waals surface area contributed by atoms with Crippen LogP contribution in [-0.4, -0.2) is 19.0 Å². The van der Waals surface area contributed by atoms with Gasteiger partial charge in [0.15, 0.2) is 5.96 Å². The molecule has 1 fully saturated rings. The molecule has 1 aliphatic carbocycles. The summed E-state index contributed by atoms with van der Waals surface area (Å²) in [5.41, 5.74) is 6.33. The van der Waals surface area contributed by atoms with Crippen LogP contribution in [0.4, 0.5) is 0 Å². The van der Waals surface area contributed by atoms with Crippen molar-refractivity contribution in [3.63, 3.8) is 0 Å². The zero-order valence-electron chi connectivity index (χ0n) is 10.4. The molecule has 1 aromatic rings. The molecule has 17 heavy (non-hydrogen) atoms. The first kappa shape index (κ1) is 12.4. The van der Waals surface area contributed by atoms with Gasteiger partial charge in [-0.05, 0) is 42.5 Å². The molecular formula is C13H21N3S. The maximum absolute atomic E-state index is 5.85. The van der Waals surface area contributed by atoms with E-state index in [0.29, 0.717) is 11.4 Å². The van der Waals surface area contributed by atoms with E-state index in [9.17, 15) is 0 Å². The highest BCUT2D eigenvalue weighted by atomic mass is 32.1. The van der Waals surface area contributed by atoms with Crippen molar-refractivity contribution < 1.29 is 0 Å². The minimum absolute atomic E-state index is 0.486. The normalized spacial score (nSPS) is 18.1. The first-order valence-corrected chi connectivity index (χ1v) is 7.18. The summed E-state index contributed by atoms with van der Waals surface area (Å²) >= 11 is 1.79. The van der Waals surface area contributed by atoms with Crippen LogP contribution in [0, 0.1) is 5.41 Å². The van der Waals surface area contributed by atoms with E-state index in [1.165, 1.54) is 24.1 Å². The van der Waals surface area contributed by atoms with Gasteiger partial charge in [-0.25, -0.2) is 0 Å². The smallest absolute Gasteiger partial charge is 0.188 e. The Bertz CT molecular complexity index is 366. The van der Waals surface area contributed by atoms with Crippen LogP contribution < -0.4 is 11.1 Å². The van der Waals surface area contributed by atoms with Gasteiger partial charge in [0.1, 0.15) is 0 Å². The molecule has 0 spiro atoms. The quantitative estimate of drug-likeness (QED) is 0.602. The summed E-state index contributed by atoms with van der Waals surface area (Å²) in [6, 6.07) is 4.23. The Labute approximate surface area is 107 Å². The molecule has 0 saturated heterocycles. The first-order chi connectivity index (χ1) is 8.24. The van der Waals surface area contributed by atoms with Gasteiger partial charge in [-0.1, -0.05) is 13.0 Å². The van der Waals surface area contributed by atoms with Gasteiger partial charge < -0.3 is 11.1 Å². The van der Waals surface area contributed by atoms with Crippen molar-refractivity contribution in [1.29, 1.82) is 0 Å². The van der Waals surface area contributed by atoms with E-state index in [2.05, 4.69) is 34.7 Å². The molecule has 1 saturated carbocycles. The molecule has 1 aliphatic rings. The largest absolute Gasteiger partial charge is 0.370 e. The number of guanidine groups is 1. The van der Waals surface area contributed by atoms with Gasteiger partial charge in [0.25, 0.3) is 0 Å². The highest BCUT2D eigenvalue weighted by Gasteiger charge is 2.40. The molecule has 0 amide bonds. The Morgan fingerprint density at radius 3 is 3.00 bits per heavy atom. The number of aliphatic imine (C=N–C) groups is 1. The average Bonchev–Trinajstić information content (AvgIpc) is 2.95. The van der Waals surface area contributed by atoms with Crippen molar-refractivity contribution in [2.45, 2.75) is 32.6 Å². The molecule has 4 heteroatoms. The molecule has 0 atom stereocenters. The monoisotopic (exact) mass is 251 g/mol. The number of nitrogens with zero attached hydrogens (tertiary/aromatic N) is 1. The van der Waals surface area contributed by atoms with E-state index >= 15 is 0 Å². The number of nitrogens with two attached hydrogens (primary N) is 1. The molecule has 1 aromatic heterocycles. The fourth-order valence-corrected chi connectivity index (χ4v) is 2.59. The van der Waals surface area contributed by atoms with Crippen molar-refractivity contribution in [2.75, 3.05) is 13.1 Å². The Hall–Kier alpha value is -1.03. The zero-order chi connectivity index (χ0) is 12.1. The molecular weight excluding hydrogens is 230 g/mol. The number of hydrogen-bond acceptors (Lipinski definition) is 2. The summed E-state index contributed by atoms with van der Waals surface area (Å²) < 4.78 is 0. The van der Waals surface area contributed by atoms with E-state index in [-0.39, 0.29) is 0 Å². The Morgan fingerprint density at radius 1 is 1.59 bits per heavy atom. The summed E-state index contributed by atoms with van der Waals surface area (Å²) in [6.45, 7) is 4.00. The molecule has 0 unspecified atom stereocenters. The highest BCUT2D eigenvalue weighted by Crippen LogP contribution is 2.48. The van der Waals surface area contributed by atoms with Gasteiger partial charge in [0.05, 0.1) is 0 Å². The van der Waals surface area contributed by atoms with Crippen LogP contribution in [0.3, 0.4) is 0 Å². The average molecular weight is 251 g/mol. The number of nitrogens with one attached hydrogen (secondary N) is 1. The van der Waals surface area contributed by atoms with E-state index in [4.69, 9.17) is 5.73 Å². The Morgan fingerprint density at radius 2 is 2.41 bits per heavy atom. The van der Waals surface area contributed by atoms with Crippen LogP contribution in [0.1, 0.15) is 31.1 Å². The molecule has 0 aliphatic heterocycles. The van der Waals surface area contributed by atoms with Gasteiger partial charge in [0, 0.05) is 18.0 Å². The van der Waals surface area contributed by atoms with Crippen LogP contribution in [0.5, 0.6) is 0 Å². The Kier molecular flexibility index (Phi) is 4.05. The van der Waals surface area contributed by atoms with Crippen molar-refractivity contribution in [3.05, 3.63) is 22.4 Å². The second-order valence-corrected chi connectivity index (χ2v) is 5.84. The molecule has 0 radical (unpaired) electrons. The number of rotatable bonds is 6. The van der Waals surface area contributed by atoms with Gasteiger partial charge in [-0.3, -0.25) is 4.99 Å². The standard InChI is InChI=1S/C13H21N3S/c1-2-13(6-7-13)10-16-12(14)15-8-5-11-4-3-9-17-11/h3-4,9H,2,5-8,10H2,1H3,(H3,14,15,16). The summed E-state index contributed by atoms with van der Waals surface area (Å²) in [6.07, 6.45) is 4.87. The van der Waals surface area contributed by atoms with Gasteiger partial charge >= 0.3 is 0 Å². The predicted octanol–water partition coefficient (Wildman–Crippen LogP) is 2.39. The maximum atomic E-state index is 5.85.